The van der Waals surface area contributed by atoms with Crippen LogP contribution in [0.1, 0.15) is 23.9 Å². The maximum atomic E-state index is 12.9. The molecule has 35 heavy (non-hydrogen) atoms. The Morgan fingerprint density at radius 1 is 1.14 bits per heavy atom. The van der Waals surface area contributed by atoms with Crippen LogP contribution in [0.3, 0.4) is 0 Å². The molecule has 0 bridgehead atoms. The Morgan fingerprint density at radius 3 is 2.57 bits per heavy atom. The highest BCUT2D eigenvalue weighted by molar-refractivity contribution is 7.87. The molecule has 0 unspecified atom stereocenters. The van der Waals surface area contributed by atoms with Gasteiger partial charge in [-0.1, -0.05) is 36.4 Å². The minimum absolute atomic E-state index is 0.0348. The maximum absolute atomic E-state index is 12.9. The molecule has 0 aliphatic carbocycles. The number of aromatic nitrogens is 2. The average molecular weight is 486 g/mol. The summed E-state index contributed by atoms with van der Waals surface area (Å²) in [5, 5.41) is 9.82. The van der Waals surface area contributed by atoms with E-state index in [1.807, 2.05) is 24.3 Å². The third-order valence-electron chi connectivity index (χ3n) is 5.12. The minimum Gasteiger partial charge on any atom is -0.490 e. The normalized spacial score (nSPS) is 11.7. The number of rotatable bonds is 9. The number of nitriles is 1. The zero-order chi connectivity index (χ0) is 24.8. The molecule has 0 aliphatic heterocycles. The highest BCUT2D eigenvalue weighted by Crippen LogP contribution is 2.37. The van der Waals surface area contributed by atoms with Crippen molar-refractivity contribution in [3.8, 4) is 17.6 Å². The van der Waals surface area contributed by atoms with Gasteiger partial charge in [0.15, 0.2) is 11.5 Å². The fraction of sp³-hybridized carbons (Fsp3) is 0.111. The van der Waals surface area contributed by atoms with Crippen LogP contribution >= 0.6 is 0 Å². The smallest absolute Gasteiger partial charge is 0.339 e. The summed E-state index contributed by atoms with van der Waals surface area (Å²) in [5.41, 5.74) is 3.07. The molecule has 0 amide bonds. The number of imidazole rings is 1. The molecule has 3 aromatic carbocycles. The van der Waals surface area contributed by atoms with Crippen molar-refractivity contribution in [2.45, 2.75) is 18.2 Å². The molecule has 8 heteroatoms. The molecule has 0 radical (unpaired) electrons. The van der Waals surface area contributed by atoms with Crippen LogP contribution in [0.2, 0.25) is 0 Å². The Hall–Kier alpha value is -4.35. The quantitative estimate of drug-likeness (QED) is 0.190. The fourth-order valence-corrected chi connectivity index (χ4v) is 4.57. The first-order chi connectivity index (χ1) is 16.9. The van der Waals surface area contributed by atoms with E-state index in [0.717, 1.165) is 11.0 Å². The lowest BCUT2D eigenvalue weighted by Crippen LogP contribution is -2.12. The lowest BCUT2D eigenvalue weighted by molar-refractivity contribution is 0.326. The van der Waals surface area contributed by atoms with Gasteiger partial charge in [0.05, 0.1) is 23.2 Å². The van der Waals surface area contributed by atoms with Crippen molar-refractivity contribution in [1.82, 2.24) is 9.97 Å². The molecule has 0 saturated carbocycles. The van der Waals surface area contributed by atoms with E-state index in [9.17, 15) is 13.7 Å². The van der Waals surface area contributed by atoms with Gasteiger partial charge in [-0.15, -0.1) is 6.58 Å². The van der Waals surface area contributed by atoms with E-state index in [1.165, 1.54) is 12.1 Å². The van der Waals surface area contributed by atoms with Crippen LogP contribution in [0.25, 0.3) is 22.7 Å². The molecule has 0 spiro atoms. The molecular formula is C27H23N3O4S. The van der Waals surface area contributed by atoms with Crippen molar-refractivity contribution in [2.24, 2.45) is 0 Å². The predicted molar refractivity (Wildman–Crippen MR) is 135 cm³/mol. The van der Waals surface area contributed by atoms with Crippen molar-refractivity contribution in [2.75, 3.05) is 6.61 Å². The predicted octanol–water partition coefficient (Wildman–Crippen LogP) is 5.52. The summed E-state index contributed by atoms with van der Waals surface area (Å²) < 4.78 is 37.2. The maximum Gasteiger partial charge on any atom is 0.339 e. The van der Waals surface area contributed by atoms with Gasteiger partial charge in [0.2, 0.25) is 0 Å². The first-order valence-corrected chi connectivity index (χ1v) is 12.3. The van der Waals surface area contributed by atoms with Crippen molar-refractivity contribution < 1.29 is 17.3 Å². The Labute approximate surface area is 204 Å². The van der Waals surface area contributed by atoms with Crippen molar-refractivity contribution in [1.29, 1.82) is 5.26 Å². The number of aromatic amines is 1. The molecule has 0 saturated heterocycles. The van der Waals surface area contributed by atoms with Gasteiger partial charge in [0.1, 0.15) is 16.8 Å². The second-order valence-corrected chi connectivity index (χ2v) is 9.10. The van der Waals surface area contributed by atoms with Crippen LogP contribution in [0.4, 0.5) is 0 Å². The number of allylic oxidation sites excluding steroid dienone is 2. The van der Waals surface area contributed by atoms with Gasteiger partial charge in [-0.05, 0) is 61.4 Å². The summed E-state index contributed by atoms with van der Waals surface area (Å²) in [4.78, 5) is 7.69. The van der Waals surface area contributed by atoms with Gasteiger partial charge in [-0.25, -0.2) is 4.98 Å². The topological polar surface area (TPSA) is 105 Å². The molecule has 1 N–H and O–H groups in total. The second-order valence-electron chi connectivity index (χ2n) is 7.56. The molecule has 1 heterocycles. The number of hydrogen-bond acceptors (Lipinski definition) is 6. The monoisotopic (exact) mass is 485 g/mol. The highest BCUT2D eigenvalue weighted by atomic mass is 32.2. The summed E-state index contributed by atoms with van der Waals surface area (Å²) in [6, 6.07) is 21.0. The Balaban J connectivity index is 1.80. The van der Waals surface area contributed by atoms with Crippen molar-refractivity contribution >= 4 is 32.8 Å². The lowest BCUT2D eigenvalue weighted by atomic mass is 10.0. The third kappa shape index (κ3) is 5.26. The minimum atomic E-state index is -4.09. The molecule has 4 aromatic rings. The van der Waals surface area contributed by atoms with Crippen molar-refractivity contribution in [3.05, 3.63) is 96.3 Å². The zero-order valence-corrected chi connectivity index (χ0v) is 19.9. The molecule has 7 nitrogen and oxygen atoms in total. The van der Waals surface area contributed by atoms with Gasteiger partial charge < -0.3 is 13.9 Å². The molecular weight excluding hydrogens is 462 g/mol. The summed E-state index contributed by atoms with van der Waals surface area (Å²) in [6.07, 6.45) is 3.64. The fourth-order valence-electron chi connectivity index (χ4n) is 3.58. The van der Waals surface area contributed by atoms with Gasteiger partial charge in [0.25, 0.3) is 0 Å². The van der Waals surface area contributed by atoms with E-state index in [1.54, 1.807) is 49.4 Å². The number of fused-ring (bicyclic) bond motifs is 1. The Kier molecular flexibility index (Phi) is 6.99. The molecule has 0 aliphatic rings. The zero-order valence-electron chi connectivity index (χ0n) is 19.1. The number of H-pyrrole nitrogens is 1. The van der Waals surface area contributed by atoms with Crippen LogP contribution in [-0.2, 0) is 16.5 Å². The number of nitrogens with zero attached hydrogens (tertiary/aromatic N) is 2. The molecule has 0 fully saturated rings. The summed E-state index contributed by atoms with van der Waals surface area (Å²) in [5.74, 6) is 0.776. The summed E-state index contributed by atoms with van der Waals surface area (Å²) in [7, 11) is -4.09. The standard InChI is InChI=1S/C27H23N3O4S/c1-3-10-20-15-19(16-21(18-28)27-29-23-13-8-9-14-24(23)30-27)17-25(33-4-2)26(20)34-35(31,32)22-11-6-5-7-12-22/h3,5-9,11-17H,1,4,10H2,2H3,(H,29,30)/b21-16+. The van der Waals surface area contributed by atoms with Gasteiger partial charge >= 0.3 is 10.1 Å². The van der Waals surface area contributed by atoms with E-state index in [2.05, 4.69) is 22.6 Å². The third-order valence-corrected chi connectivity index (χ3v) is 6.35. The summed E-state index contributed by atoms with van der Waals surface area (Å²) >= 11 is 0. The average Bonchev–Trinajstić information content (AvgIpc) is 3.29. The first kappa shape index (κ1) is 23.8. The van der Waals surface area contributed by atoms with E-state index in [-0.39, 0.29) is 23.0 Å². The first-order valence-electron chi connectivity index (χ1n) is 10.9. The molecule has 0 atom stereocenters. The van der Waals surface area contributed by atoms with E-state index < -0.39 is 10.1 Å². The van der Waals surface area contributed by atoms with Crippen LogP contribution in [0, 0.1) is 11.3 Å². The van der Waals surface area contributed by atoms with Crippen LogP contribution in [0.15, 0.2) is 84.3 Å². The largest absolute Gasteiger partial charge is 0.490 e. The molecule has 1 aromatic heterocycles. The van der Waals surface area contributed by atoms with E-state index >= 15 is 0 Å². The lowest BCUT2D eigenvalue weighted by Gasteiger charge is -2.16. The number of ether oxygens (including phenoxy) is 1. The highest BCUT2D eigenvalue weighted by Gasteiger charge is 2.22. The SMILES string of the molecule is C=CCc1cc(/C=C(\C#N)c2nc3ccccc3[nH]2)cc(OCC)c1OS(=O)(=O)c1ccccc1. The Bertz CT molecular complexity index is 1520. The van der Waals surface area contributed by atoms with Gasteiger partial charge in [0, 0.05) is 5.56 Å². The van der Waals surface area contributed by atoms with Gasteiger partial charge in [-0.3, -0.25) is 0 Å². The van der Waals surface area contributed by atoms with Crippen LogP contribution < -0.4 is 8.92 Å². The molecule has 176 valence electrons. The number of nitrogens with one attached hydrogen (secondary N) is 1. The van der Waals surface area contributed by atoms with Gasteiger partial charge in [-0.2, -0.15) is 13.7 Å². The molecule has 4 rings (SSSR count). The van der Waals surface area contributed by atoms with Crippen LogP contribution in [-0.4, -0.2) is 25.0 Å². The number of para-hydroxylation sites is 2. The van der Waals surface area contributed by atoms with Crippen LogP contribution in [0.5, 0.6) is 11.5 Å². The Morgan fingerprint density at radius 2 is 1.89 bits per heavy atom. The second kappa shape index (κ2) is 10.3. The van der Waals surface area contributed by atoms with Crippen molar-refractivity contribution in [3.63, 3.8) is 0 Å². The number of hydrogen-bond donors (Lipinski definition) is 1. The summed E-state index contributed by atoms with van der Waals surface area (Å²) in [6.45, 7) is 5.86. The van der Waals surface area contributed by atoms with E-state index in [4.69, 9.17) is 8.92 Å². The number of benzene rings is 3. The van der Waals surface area contributed by atoms with E-state index in [0.29, 0.717) is 28.9 Å².